The van der Waals surface area contributed by atoms with Crippen molar-refractivity contribution in [3.05, 3.63) is 24.3 Å². The van der Waals surface area contributed by atoms with Crippen molar-refractivity contribution in [2.75, 3.05) is 91.6 Å². The largest absolute Gasteiger partial charge is 0.394 e. The molecule has 13 nitrogen and oxygen atoms in total. The first-order valence-electron chi connectivity index (χ1n) is 28.4. The summed E-state index contributed by atoms with van der Waals surface area (Å²) in [5.74, 6) is 0.149. The summed E-state index contributed by atoms with van der Waals surface area (Å²) in [5.41, 5.74) is -0.849. The molecule has 1 aliphatic rings. The van der Waals surface area contributed by atoms with E-state index < -0.39 is 36.5 Å². The lowest BCUT2D eigenvalue weighted by Crippen LogP contribution is -2.57. The molecule has 14 heteroatoms. The predicted molar refractivity (Wildman–Crippen MR) is 287 cm³/mol. The zero-order valence-corrected chi connectivity index (χ0v) is 45.5. The maximum atomic E-state index is 12.2. The van der Waals surface area contributed by atoms with Gasteiger partial charge in [-0.1, -0.05) is 154 Å². The lowest BCUT2D eigenvalue weighted by molar-refractivity contribution is -0.205. The van der Waals surface area contributed by atoms with Crippen molar-refractivity contribution in [3.8, 4) is 0 Å². The van der Waals surface area contributed by atoms with Gasteiger partial charge in [0, 0.05) is 31.9 Å². The van der Waals surface area contributed by atoms with Gasteiger partial charge < -0.3 is 58.9 Å². The number of aliphatic hydroxyl groups is 4. The fourth-order valence-corrected chi connectivity index (χ4v) is 9.22. The minimum atomic E-state index is -1.43. The number of carbonyl (C=O) groups is 1. The first-order valence-corrected chi connectivity index (χ1v) is 29.5. The Balaban J connectivity index is 2.14. The molecule has 0 aromatic carbocycles. The van der Waals surface area contributed by atoms with E-state index in [-0.39, 0.29) is 18.4 Å². The quantitative estimate of drug-likeness (QED) is 0.0288. The average molecular weight is 1020 g/mol. The molecule has 0 aromatic rings. The third-order valence-electron chi connectivity index (χ3n) is 12.6. The minimum absolute atomic E-state index is 0.0852. The van der Waals surface area contributed by atoms with Crippen LogP contribution in [-0.4, -0.2) is 154 Å². The second-order valence-electron chi connectivity index (χ2n) is 19.0. The van der Waals surface area contributed by atoms with Gasteiger partial charge in [0.15, 0.2) is 0 Å². The summed E-state index contributed by atoms with van der Waals surface area (Å²) in [6.07, 6.45) is 40.8. The Bertz CT molecular complexity index is 1150. The Morgan fingerprint density at radius 1 is 0.514 bits per heavy atom. The van der Waals surface area contributed by atoms with Crippen LogP contribution in [0.5, 0.6) is 0 Å². The molecule has 414 valence electrons. The molecule has 0 radical (unpaired) electrons. The molecule has 70 heavy (non-hydrogen) atoms. The molecular weight excluding hydrogens is 911 g/mol. The molecule has 1 fully saturated rings. The number of unbranched alkanes of at least 4 members (excludes halogenated alkanes) is 24. The van der Waals surface area contributed by atoms with E-state index in [9.17, 15) is 25.2 Å². The van der Waals surface area contributed by atoms with Crippen molar-refractivity contribution in [1.29, 1.82) is 0 Å². The predicted octanol–water partition coefficient (Wildman–Crippen LogP) is 10.6. The highest BCUT2D eigenvalue weighted by molar-refractivity contribution is 7.99. The van der Waals surface area contributed by atoms with Crippen LogP contribution >= 0.6 is 11.8 Å². The van der Waals surface area contributed by atoms with Gasteiger partial charge in [-0.15, -0.1) is 11.8 Å². The Morgan fingerprint density at radius 2 is 0.929 bits per heavy atom. The van der Waals surface area contributed by atoms with Crippen molar-refractivity contribution in [2.24, 2.45) is 0 Å². The number of nitrogens with one attached hydrogen (secondary N) is 1. The van der Waals surface area contributed by atoms with Gasteiger partial charge in [-0.2, -0.15) is 0 Å². The van der Waals surface area contributed by atoms with Crippen LogP contribution < -0.4 is 5.32 Å². The van der Waals surface area contributed by atoms with E-state index >= 15 is 0 Å². The minimum Gasteiger partial charge on any atom is -0.394 e. The van der Waals surface area contributed by atoms with Gasteiger partial charge in [-0.25, -0.2) is 0 Å². The molecule has 1 unspecified atom stereocenters. The first kappa shape index (κ1) is 66.9. The third kappa shape index (κ3) is 42.2. The molecule has 1 heterocycles. The second-order valence-corrected chi connectivity index (χ2v) is 20.2. The molecule has 0 bridgehead atoms. The summed E-state index contributed by atoms with van der Waals surface area (Å²) in [4.78, 5) is 12.2. The van der Waals surface area contributed by atoms with E-state index in [0.29, 0.717) is 71.8 Å². The number of carbonyl (C=O) groups excluding carboxylic acids is 1. The highest BCUT2D eigenvalue weighted by Crippen LogP contribution is 2.29. The fraction of sp³-hybridized carbons (Fsp3) is 0.911. The van der Waals surface area contributed by atoms with E-state index in [1.165, 1.54) is 167 Å². The van der Waals surface area contributed by atoms with Gasteiger partial charge in [0.25, 0.3) is 0 Å². The number of ether oxygens (including phenoxy) is 7. The first-order chi connectivity index (χ1) is 34.4. The van der Waals surface area contributed by atoms with E-state index in [1.54, 1.807) is 0 Å². The number of aliphatic hydroxyl groups excluding tert-OH is 4. The molecule has 5 N–H and O–H groups in total. The molecule has 1 aliphatic heterocycles. The van der Waals surface area contributed by atoms with Gasteiger partial charge in [0.05, 0.1) is 66.1 Å². The van der Waals surface area contributed by atoms with Crippen LogP contribution in [0.2, 0.25) is 0 Å². The Labute approximate surface area is 431 Å². The van der Waals surface area contributed by atoms with E-state index in [4.69, 9.17) is 33.2 Å². The topological polar surface area (TPSA) is 175 Å². The third-order valence-corrected chi connectivity index (χ3v) is 13.7. The van der Waals surface area contributed by atoms with Gasteiger partial charge in [0.2, 0.25) is 5.91 Å². The van der Waals surface area contributed by atoms with Crippen molar-refractivity contribution in [2.45, 2.75) is 236 Å². The van der Waals surface area contributed by atoms with Crippen molar-refractivity contribution < 1.29 is 58.4 Å². The number of hydrogen-bond donors (Lipinski definition) is 5. The summed E-state index contributed by atoms with van der Waals surface area (Å²) >= 11 is 1.15. The lowest BCUT2D eigenvalue weighted by atomic mass is 10.0. The van der Waals surface area contributed by atoms with Crippen LogP contribution in [0.15, 0.2) is 24.3 Å². The zero-order valence-electron chi connectivity index (χ0n) is 44.6. The normalized spacial score (nSPS) is 19.0. The number of amides is 1. The fourth-order valence-electron chi connectivity index (χ4n) is 8.11. The number of thioether (sulfide) groups is 1. The van der Waals surface area contributed by atoms with E-state index in [2.05, 4.69) is 43.5 Å². The molecule has 0 aliphatic carbocycles. The monoisotopic (exact) mass is 1020 g/mol. The van der Waals surface area contributed by atoms with E-state index in [0.717, 1.165) is 37.8 Å². The van der Waals surface area contributed by atoms with Gasteiger partial charge >= 0.3 is 0 Å². The Morgan fingerprint density at radius 3 is 1.41 bits per heavy atom. The SMILES string of the molecule is CCCCCCCC/C=C\CCCCCCCCOCC(COCCOCCOCCOCCNC(=O)CCS[C@H]1O[C@H](CO)[C@@H](O)[C@H](O)[C@@H]1O)OCCCCCCCC/C=C\CCCCCCCC. The number of rotatable bonds is 54. The average Bonchev–Trinajstić information content (AvgIpc) is 3.36. The summed E-state index contributed by atoms with van der Waals surface area (Å²) in [5, 5.41) is 42.0. The summed E-state index contributed by atoms with van der Waals surface area (Å²) < 4.78 is 40.6. The summed E-state index contributed by atoms with van der Waals surface area (Å²) in [6.45, 7) is 9.94. The zero-order chi connectivity index (χ0) is 50.6. The molecular formula is C56H107NO12S. The highest BCUT2D eigenvalue weighted by atomic mass is 32.2. The molecule has 6 atom stereocenters. The highest BCUT2D eigenvalue weighted by Gasteiger charge is 2.43. The molecule has 0 spiro atoms. The standard InChI is InChI=1S/C56H107NO12S/c1-3-5-7-9-11-13-15-17-19-21-23-25-27-29-31-33-37-66-48-50(68-38-34-32-30-28-26-24-22-20-18-16-14-12-10-8-6-4-2)49-67-45-44-65-43-42-64-41-40-63-39-36-57-52(59)35-46-70-56-55(62)54(61)53(60)51(47-58)69-56/h17-20,50-51,53-56,58,60-62H,3-16,21-49H2,1-2H3,(H,57,59)/b19-17-,20-18-/t50?,51-,53-,54+,55+,56-/m1/s1. The maximum absolute atomic E-state index is 12.2. The summed E-state index contributed by atoms with van der Waals surface area (Å²) in [6, 6.07) is 0. The molecule has 0 saturated carbocycles. The van der Waals surface area contributed by atoms with Crippen molar-refractivity contribution in [3.63, 3.8) is 0 Å². The van der Waals surface area contributed by atoms with Crippen LogP contribution in [0, 0.1) is 0 Å². The van der Waals surface area contributed by atoms with Crippen LogP contribution in [0.3, 0.4) is 0 Å². The molecule has 1 saturated heterocycles. The van der Waals surface area contributed by atoms with Crippen LogP contribution in [-0.2, 0) is 38.0 Å². The van der Waals surface area contributed by atoms with E-state index in [1.807, 2.05) is 0 Å². The molecule has 1 rings (SSSR count). The molecule has 1 amide bonds. The second kappa shape index (κ2) is 52.7. The van der Waals surface area contributed by atoms with Crippen molar-refractivity contribution in [1.82, 2.24) is 5.32 Å². The summed E-state index contributed by atoms with van der Waals surface area (Å²) in [7, 11) is 0. The number of hydrogen-bond acceptors (Lipinski definition) is 13. The van der Waals surface area contributed by atoms with Crippen LogP contribution in [0.25, 0.3) is 0 Å². The smallest absolute Gasteiger partial charge is 0.220 e. The Hall–Kier alpha value is -1.14. The Kier molecular flexibility index (Phi) is 50.4. The maximum Gasteiger partial charge on any atom is 0.220 e. The number of allylic oxidation sites excluding steroid dienone is 4. The van der Waals surface area contributed by atoms with Crippen LogP contribution in [0.1, 0.15) is 200 Å². The van der Waals surface area contributed by atoms with Gasteiger partial charge in [-0.05, 0) is 64.2 Å². The molecule has 0 aromatic heterocycles. The lowest BCUT2D eigenvalue weighted by Gasteiger charge is -2.39. The van der Waals surface area contributed by atoms with Gasteiger partial charge in [-0.3, -0.25) is 4.79 Å². The van der Waals surface area contributed by atoms with Crippen molar-refractivity contribution >= 4 is 17.7 Å². The van der Waals surface area contributed by atoms with Gasteiger partial charge in [0.1, 0.15) is 36.0 Å². The van der Waals surface area contributed by atoms with Crippen LogP contribution in [0.4, 0.5) is 0 Å².